The summed E-state index contributed by atoms with van der Waals surface area (Å²) < 4.78 is 37.2. The number of fused-ring (bicyclic) bond motifs is 2. The maximum absolute atomic E-state index is 13.0. The van der Waals surface area contributed by atoms with Crippen molar-refractivity contribution in [2.45, 2.75) is 70.2 Å². The normalized spacial score (nSPS) is 14.4. The van der Waals surface area contributed by atoms with Crippen LogP contribution in [0.15, 0.2) is 103 Å². The Morgan fingerprint density at radius 1 is 0.619 bits per heavy atom. The predicted octanol–water partition coefficient (Wildman–Crippen LogP) is 9.19. The molecular formula is C45H42Cl4F3N7O4. The molecular weight excluding hydrogens is 901 g/mol. The van der Waals surface area contributed by atoms with Gasteiger partial charge in [0.2, 0.25) is 11.8 Å². The van der Waals surface area contributed by atoms with E-state index in [1.54, 1.807) is 52.7 Å². The van der Waals surface area contributed by atoms with Crippen LogP contribution in [0.5, 0.6) is 0 Å². The lowest BCUT2D eigenvalue weighted by molar-refractivity contribution is -0.167. The summed E-state index contributed by atoms with van der Waals surface area (Å²) >= 11 is 24.2. The van der Waals surface area contributed by atoms with Crippen LogP contribution in [0, 0.1) is 0 Å². The summed E-state index contributed by atoms with van der Waals surface area (Å²) in [4.78, 5) is 52.4. The van der Waals surface area contributed by atoms with Gasteiger partial charge in [0, 0.05) is 57.6 Å². The highest BCUT2D eigenvalue weighted by Crippen LogP contribution is 2.30. The highest BCUT2D eigenvalue weighted by atomic mass is 35.5. The van der Waals surface area contributed by atoms with E-state index < -0.39 is 24.2 Å². The van der Waals surface area contributed by atoms with E-state index in [9.17, 15) is 32.3 Å². The molecule has 2 heterocycles. The first-order chi connectivity index (χ1) is 29.8. The third-order valence-electron chi connectivity index (χ3n) is 10.4. The number of hydrogen-bond donors (Lipinski definition) is 5. The summed E-state index contributed by atoms with van der Waals surface area (Å²) in [5.41, 5.74) is 18.9. The molecule has 2 aliphatic rings. The minimum absolute atomic E-state index is 0.0117. The minimum atomic E-state index is -4.98. The molecule has 0 saturated carbocycles. The first-order valence-corrected chi connectivity index (χ1v) is 21.1. The Morgan fingerprint density at radius 3 is 1.51 bits per heavy atom. The third kappa shape index (κ3) is 12.4. The number of carbonyl (C=O) groups is 4. The summed E-state index contributed by atoms with van der Waals surface area (Å²) in [6, 6.07) is 27.9. The molecule has 7 N–H and O–H groups in total. The SMILES string of the molecule is C[C@H](NC(=O)Nc1ccc2c(c1)CN(C(=O)C(N)Cc1ccc(Cl)cc1Cl)C2)c1ccccc1.NC(Cc1ccc(Cl)cc1Cl)C(=O)N1Cc2ccc(NC(=O)C(F)(F)F)cc2C1. The summed E-state index contributed by atoms with van der Waals surface area (Å²) in [5, 5.41) is 9.54. The molecule has 18 heteroatoms. The lowest BCUT2D eigenvalue weighted by Crippen LogP contribution is -2.42. The molecule has 0 aliphatic carbocycles. The first kappa shape index (κ1) is 47.1. The Labute approximate surface area is 381 Å². The third-order valence-corrected chi connectivity index (χ3v) is 11.6. The van der Waals surface area contributed by atoms with Crippen LogP contribution in [-0.2, 0) is 53.4 Å². The van der Waals surface area contributed by atoms with Crippen molar-refractivity contribution < 1.29 is 32.3 Å². The van der Waals surface area contributed by atoms with Gasteiger partial charge in [0.05, 0.1) is 18.1 Å². The minimum Gasteiger partial charge on any atom is -0.333 e. The Bertz CT molecular complexity index is 2510. The van der Waals surface area contributed by atoms with Crippen LogP contribution >= 0.6 is 46.4 Å². The fourth-order valence-corrected chi connectivity index (χ4v) is 8.11. The summed E-state index contributed by atoms with van der Waals surface area (Å²) in [6.07, 6.45) is -4.43. The molecule has 7 rings (SSSR count). The topological polar surface area (TPSA) is 163 Å². The van der Waals surface area contributed by atoms with Crippen molar-refractivity contribution in [2.75, 3.05) is 10.6 Å². The van der Waals surface area contributed by atoms with Crippen LogP contribution in [0.1, 0.15) is 51.9 Å². The van der Waals surface area contributed by atoms with E-state index in [-0.39, 0.29) is 49.1 Å². The second-order valence-electron chi connectivity index (χ2n) is 15.1. The average molecular weight is 944 g/mol. The number of alkyl halides is 3. The van der Waals surface area contributed by atoms with Gasteiger partial charge in [-0.2, -0.15) is 13.2 Å². The van der Waals surface area contributed by atoms with Gasteiger partial charge in [-0.1, -0.05) is 101 Å². The van der Waals surface area contributed by atoms with Gasteiger partial charge < -0.3 is 37.2 Å². The summed E-state index contributed by atoms with van der Waals surface area (Å²) in [5.74, 6) is -2.51. The highest BCUT2D eigenvalue weighted by molar-refractivity contribution is 6.35. The van der Waals surface area contributed by atoms with Crippen molar-refractivity contribution in [3.8, 4) is 0 Å². The van der Waals surface area contributed by atoms with E-state index in [1.165, 1.54) is 17.0 Å². The van der Waals surface area contributed by atoms with Crippen molar-refractivity contribution in [3.05, 3.63) is 162 Å². The Hall–Kier alpha value is -5.35. The van der Waals surface area contributed by atoms with Gasteiger partial charge in [0.15, 0.2) is 0 Å². The fourth-order valence-electron chi connectivity index (χ4n) is 7.14. The van der Waals surface area contributed by atoms with Crippen LogP contribution in [-0.4, -0.2) is 51.8 Å². The molecule has 2 aliphatic heterocycles. The van der Waals surface area contributed by atoms with Crippen molar-refractivity contribution in [1.82, 2.24) is 15.1 Å². The molecule has 0 spiro atoms. The number of anilines is 2. The van der Waals surface area contributed by atoms with Gasteiger partial charge in [-0.15, -0.1) is 0 Å². The molecule has 0 aromatic heterocycles. The Kier molecular flexibility index (Phi) is 15.3. The number of hydrogen-bond acceptors (Lipinski definition) is 6. The number of benzene rings is 5. The lowest BCUT2D eigenvalue weighted by Gasteiger charge is -2.20. The molecule has 0 bridgehead atoms. The molecule has 0 radical (unpaired) electrons. The van der Waals surface area contributed by atoms with Crippen LogP contribution in [0.2, 0.25) is 20.1 Å². The lowest BCUT2D eigenvalue weighted by atomic mass is 10.1. The quantitative estimate of drug-likeness (QED) is 0.0938. The van der Waals surface area contributed by atoms with E-state index >= 15 is 0 Å². The zero-order valence-corrected chi connectivity index (χ0v) is 36.6. The number of amides is 5. The van der Waals surface area contributed by atoms with Gasteiger partial charge >= 0.3 is 18.1 Å². The number of nitrogens with two attached hydrogens (primary N) is 2. The number of nitrogens with zero attached hydrogens (tertiary/aromatic N) is 2. The fraction of sp³-hybridized carbons (Fsp3) is 0.244. The zero-order valence-electron chi connectivity index (χ0n) is 33.6. The average Bonchev–Trinajstić information content (AvgIpc) is 3.86. The number of urea groups is 1. The van der Waals surface area contributed by atoms with Crippen LogP contribution in [0.4, 0.5) is 29.3 Å². The molecule has 330 valence electrons. The number of nitrogens with one attached hydrogen (secondary N) is 3. The zero-order chi connectivity index (χ0) is 45.6. The van der Waals surface area contributed by atoms with Crippen molar-refractivity contribution in [1.29, 1.82) is 0 Å². The standard InChI is InChI=1S/C26H26Cl2N4O2.C19H16Cl2F3N3O2/c1-16(17-5-3-2-4-6-17)30-26(34)31-22-10-8-19-14-32(15-20(19)11-22)25(33)24(29)12-18-7-9-21(27)13-23(18)28;20-13-3-1-10(15(21)7-13)6-16(25)17(28)27-8-11-2-4-14(5-12(11)9-27)26-18(29)19(22,23)24/h2-11,13,16,24H,12,14-15,29H2,1H3,(H2,30,31,34);1-5,7,16H,6,8-9,25H2,(H,26,29)/t16-,24?;/m0./s1. The Morgan fingerprint density at radius 2 is 1.06 bits per heavy atom. The largest absolute Gasteiger partial charge is 0.471 e. The van der Waals surface area contributed by atoms with Crippen LogP contribution < -0.4 is 27.4 Å². The van der Waals surface area contributed by atoms with Crippen molar-refractivity contribution in [2.24, 2.45) is 11.5 Å². The molecule has 0 saturated heterocycles. The van der Waals surface area contributed by atoms with Crippen molar-refractivity contribution >= 4 is 81.5 Å². The smallest absolute Gasteiger partial charge is 0.333 e. The van der Waals surface area contributed by atoms with Crippen LogP contribution in [0.25, 0.3) is 0 Å². The molecule has 0 fully saturated rings. The number of halogens is 7. The van der Waals surface area contributed by atoms with E-state index in [4.69, 9.17) is 57.9 Å². The second kappa shape index (κ2) is 20.4. The first-order valence-electron chi connectivity index (χ1n) is 19.6. The molecule has 63 heavy (non-hydrogen) atoms. The summed E-state index contributed by atoms with van der Waals surface area (Å²) in [7, 11) is 0. The number of carbonyl (C=O) groups excluding carboxylic acids is 4. The van der Waals surface area contributed by atoms with Gasteiger partial charge in [-0.05, 0) is 107 Å². The van der Waals surface area contributed by atoms with Crippen molar-refractivity contribution in [3.63, 3.8) is 0 Å². The van der Waals surface area contributed by atoms with E-state index in [0.29, 0.717) is 56.4 Å². The van der Waals surface area contributed by atoms with E-state index in [1.807, 2.05) is 55.5 Å². The number of rotatable bonds is 10. The van der Waals surface area contributed by atoms with Gasteiger partial charge in [0.1, 0.15) is 0 Å². The van der Waals surface area contributed by atoms with E-state index in [0.717, 1.165) is 27.8 Å². The van der Waals surface area contributed by atoms with Gasteiger partial charge in [-0.25, -0.2) is 4.79 Å². The van der Waals surface area contributed by atoms with Gasteiger partial charge in [0.25, 0.3) is 0 Å². The highest BCUT2D eigenvalue weighted by Gasteiger charge is 2.39. The Balaban J connectivity index is 0.000000213. The molecule has 5 aromatic carbocycles. The molecule has 5 aromatic rings. The molecule has 2 unspecified atom stereocenters. The molecule has 5 amide bonds. The predicted molar refractivity (Wildman–Crippen MR) is 239 cm³/mol. The maximum atomic E-state index is 13.0. The maximum Gasteiger partial charge on any atom is 0.471 e. The monoisotopic (exact) mass is 941 g/mol. The molecule has 11 nitrogen and oxygen atoms in total. The second-order valence-corrected chi connectivity index (χ2v) is 16.8. The van der Waals surface area contributed by atoms with Crippen LogP contribution in [0.3, 0.4) is 0 Å². The molecule has 3 atom stereocenters. The summed E-state index contributed by atoms with van der Waals surface area (Å²) in [6.45, 7) is 3.32. The van der Waals surface area contributed by atoms with Gasteiger partial charge in [-0.3, -0.25) is 14.4 Å². The van der Waals surface area contributed by atoms with E-state index in [2.05, 4.69) is 10.6 Å².